The van der Waals surface area contributed by atoms with Crippen molar-refractivity contribution >= 4 is 76.2 Å². The maximum atomic E-state index is 6.41. The Hall–Kier alpha value is -7.42. The van der Waals surface area contributed by atoms with E-state index in [9.17, 15) is 0 Å². The molecule has 12 aromatic rings. The van der Waals surface area contributed by atoms with Gasteiger partial charge in [0, 0.05) is 21.5 Å². The van der Waals surface area contributed by atoms with E-state index in [1.54, 1.807) is 0 Å². The highest BCUT2D eigenvalue weighted by molar-refractivity contribution is 6.22. The molecule has 2 nitrogen and oxygen atoms in total. The lowest BCUT2D eigenvalue weighted by Gasteiger charge is -2.18. The van der Waals surface area contributed by atoms with Crippen LogP contribution in [-0.2, 0) is 0 Å². The number of hydrogen-bond donors (Lipinski definition) is 0. The molecule has 0 amide bonds. The highest BCUT2D eigenvalue weighted by Crippen LogP contribution is 2.45. The molecule has 260 valence electrons. The second-order valence-corrected chi connectivity index (χ2v) is 14.8. The van der Waals surface area contributed by atoms with E-state index in [0.29, 0.717) is 0 Å². The van der Waals surface area contributed by atoms with Crippen molar-refractivity contribution in [3.63, 3.8) is 0 Å². The summed E-state index contributed by atoms with van der Waals surface area (Å²) in [5.74, 6) is 0. The van der Waals surface area contributed by atoms with Gasteiger partial charge in [-0.25, -0.2) is 0 Å². The fraction of sp³-hybridized carbons (Fsp3) is 0. The molecule has 2 aromatic heterocycles. The van der Waals surface area contributed by atoms with Crippen molar-refractivity contribution in [2.75, 3.05) is 0 Å². The van der Waals surface area contributed by atoms with E-state index in [-0.39, 0.29) is 0 Å². The number of fused-ring (bicyclic) bond motifs is 9. The van der Waals surface area contributed by atoms with Crippen LogP contribution in [-0.4, -0.2) is 0 Å². The van der Waals surface area contributed by atoms with Crippen LogP contribution in [0.15, 0.2) is 203 Å². The molecule has 2 heteroatoms. The molecule has 0 bridgehead atoms. The summed E-state index contributed by atoms with van der Waals surface area (Å²) in [4.78, 5) is 0. The SMILES string of the molecule is c1ccc2cc3c(cc2c1)oc1cccc(-c2ccc(-c4c5ccccc5c(-c5ccc(-c6ccc7oc8ccccc8c7c6)cc5)c5ccccc45)cc2)c13. The second-order valence-electron chi connectivity index (χ2n) is 14.8. The Labute approximate surface area is 322 Å². The first-order chi connectivity index (χ1) is 27.7. The quantitative estimate of drug-likeness (QED) is 0.170. The van der Waals surface area contributed by atoms with Crippen molar-refractivity contribution < 1.29 is 8.83 Å². The van der Waals surface area contributed by atoms with Crippen LogP contribution in [0, 0.1) is 0 Å². The lowest BCUT2D eigenvalue weighted by molar-refractivity contribution is 0.669. The first-order valence-corrected chi connectivity index (χ1v) is 19.2. The summed E-state index contributed by atoms with van der Waals surface area (Å²) in [5.41, 5.74) is 13.3. The van der Waals surface area contributed by atoms with Gasteiger partial charge in [0.2, 0.25) is 0 Å². The Morgan fingerprint density at radius 3 is 1.39 bits per heavy atom. The molecular formula is C54H32O2. The maximum absolute atomic E-state index is 6.41. The molecule has 10 aromatic carbocycles. The molecule has 0 unspecified atom stereocenters. The predicted octanol–water partition coefficient (Wildman–Crippen LogP) is 15.6. The molecule has 0 aliphatic heterocycles. The normalized spacial score (nSPS) is 11.9. The van der Waals surface area contributed by atoms with Crippen molar-refractivity contribution in [1.29, 1.82) is 0 Å². The van der Waals surface area contributed by atoms with Crippen LogP contribution in [0.25, 0.3) is 121 Å². The molecule has 2 heterocycles. The van der Waals surface area contributed by atoms with Gasteiger partial charge in [0.25, 0.3) is 0 Å². The second kappa shape index (κ2) is 12.0. The summed E-state index contributed by atoms with van der Waals surface area (Å²) in [6, 6.07) is 69.9. The molecule has 0 radical (unpaired) electrons. The number of benzene rings is 10. The third-order valence-corrected chi connectivity index (χ3v) is 11.7. The summed E-state index contributed by atoms with van der Waals surface area (Å²) >= 11 is 0. The van der Waals surface area contributed by atoms with E-state index in [4.69, 9.17) is 8.83 Å². The molecule has 0 aliphatic rings. The molecular weight excluding hydrogens is 681 g/mol. The molecule has 0 saturated heterocycles. The summed E-state index contributed by atoms with van der Waals surface area (Å²) < 4.78 is 12.5. The number of hydrogen-bond acceptors (Lipinski definition) is 2. The predicted molar refractivity (Wildman–Crippen MR) is 235 cm³/mol. The molecule has 0 N–H and O–H groups in total. The van der Waals surface area contributed by atoms with Crippen LogP contribution in [0.2, 0.25) is 0 Å². The van der Waals surface area contributed by atoms with Gasteiger partial charge >= 0.3 is 0 Å². The van der Waals surface area contributed by atoms with E-state index >= 15 is 0 Å². The largest absolute Gasteiger partial charge is 0.456 e. The monoisotopic (exact) mass is 712 g/mol. The van der Waals surface area contributed by atoms with Crippen molar-refractivity contribution in [2.45, 2.75) is 0 Å². The number of para-hydroxylation sites is 1. The van der Waals surface area contributed by atoms with Gasteiger partial charge in [-0.15, -0.1) is 0 Å². The van der Waals surface area contributed by atoms with Crippen molar-refractivity contribution in [2.24, 2.45) is 0 Å². The minimum atomic E-state index is 0.908. The van der Waals surface area contributed by atoms with Crippen LogP contribution in [0.5, 0.6) is 0 Å². The minimum absolute atomic E-state index is 0.908. The topological polar surface area (TPSA) is 26.3 Å². The number of rotatable bonds is 4. The van der Waals surface area contributed by atoms with Crippen LogP contribution in [0.4, 0.5) is 0 Å². The lowest BCUT2D eigenvalue weighted by atomic mass is 9.85. The van der Waals surface area contributed by atoms with Gasteiger partial charge < -0.3 is 8.83 Å². The summed E-state index contributed by atoms with van der Waals surface area (Å²) in [6.07, 6.45) is 0. The average Bonchev–Trinajstić information content (AvgIpc) is 3.82. The Morgan fingerprint density at radius 2 is 0.732 bits per heavy atom. The summed E-state index contributed by atoms with van der Waals surface area (Å²) in [5, 5.41) is 12.0. The van der Waals surface area contributed by atoms with E-state index in [0.717, 1.165) is 43.9 Å². The smallest absolute Gasteiger partial charge is 0.136 e. The zero-order valence-corrected chi connectivity index (χ0v) is 30.3. The van der Waals surface area contributed by atoms with Crippen LogP contribution < -0.4 is 0 Å². The fourth-order valence-electron chi connectivity index (χ4n) is 9.05. The Bertz CT molecular complexity index is 3450. The lowest BCUT2D eigenvalue weighted by Crippen LogP contribution is -1.91. The Balaban J connectivity index is 0.971. The molecule has 0 aliphatic carbocycles. The summed E-state index contributed by atoms with van der Waals surface area (Å²) in [6.45, 7) is 0. The molecule has 0 atom stereocenters. The molecule has 12 rings (SSSR count). The van der Waals surface area contributed by atoms with Gasteiger partial charge in [0.1, 0.15) is 22.3 Å². The highest BCUT2D eigenvalue weighted by atomic mass is 16.3. The third kappa shape index (κ3) is 4.69. The third-order valence-electron chi connectivity index (χ3n) is 11.7. The maximum Gasteiger partial charge on any atom is 0.136 e. The minimum Gasteiger partial charge on any atom is -0.456 e. The van der Waals surface area contributed by atoms with Gasteiger partial charge in [-0.2, -0.15) is 0 Å². The Kier molecular flexibility index (Phi) is 6.66. The first kappa shape index (κ1) is 31.0. The van der Waals surface area contributed by atoms with Crippen molar-refractivity contribution in [3.05, 3.63) is 194 Å². The van der Waals surface area contributed by atoms with Crippen LogP contribution >= 0.6 is 0 Å². The highest BCUT2D eigenvalue weighted by Gasteiger charge is 2.18. The van der Waals surface area contributed by atoms with Gasteiger partial charge in [-0.05, 0) is 113 Å². The zero-order chi connectivity index (χ0) is 36.7. The molecule has 0 saturated carbocycles. The van der Waals surface area contributed by atoms with Crippen LogP contribution in [0.1, 0.15) is 0 Å². The van der Waals surface area contributed by atoms with E-state index in [1.165, 1.54) is 76.8 Å². The van der Waals surface area contributed by atoms with Gasteiger partial charge in [0.05, 0.1) is 0 Å². The molecule has 0 spiro atoms. The van der Waals surface area contributed by atoms with Crippen molar-refractivity contribution in [3.8, 4) is 44.5 Å². The number of furan rings is 2. The first-order valence-electron chi connectivity index (χ1n) is 19.2. The fourth-order valence-corrected chi connectivity index (χ4v) is 9.05. The Morgan fingerprint density at radius 1 is 0.250 bits per heavy atom. The van der Waals surface area contributed by atoms with Gasteiger partial charge in [-0.3, -0.25) is 0 Å². The molecule has 0 fully saturated rings. The average molecular weight is 713 g/mol. The molecule has 56 heavy (non-hydrogen) atoms. The van der Waals surface area contributed by atoms with E-state index in [1.807, 2.05) is 12.1 Å². The van der Waals surface area contributed by atoms with Gasteiger partial charge in [0.15, 0.2) is 0 Å². The zero-order valence-electron chi connectivity index (χ0n) is 30.3. The van der Waals surface area contributed by atoms with Crippen LogP contribution in [0.3, 0.4) is 0 Å². The van der Waals surface area contributed by atoms with Crippen molar-refractivity contribution in [1.82, 2.24) is 0 Å². The van der Waals surface area contributed by atoms with Gasteiger partial charge in [-0.1, -0.05) is 158 Å². The summed E-state index contributed by atoms with van der Waals surface area (Å²) in [7, 11) is 0. The standard InChI is InChI=1S/C54H32O2/c1-2-11-38-32-51-47(31-37(38)10-1)54-40(17-9-19-50(54)56-51)34-22-26-36(27-23-34)53-44-15-5-3-13-42(44)52(43-14-4-6-16-45(43)53)35-24-20-33(21-25-35)39-28-29-49-46(30-39)41-12-7-8-18-48(41)55-49/h1-32H. The van der Waals surface area contributed by atoms with E-state index < -0.39 is 0 Å². The van der Waals surface area contributed by atoms with E-state index in [2.05, 4.69) is 182 Å².